The Balaban J connectivity index is 2.35. The van der Waals surface area contributed by atoms with Crippen LogP contribution in [0.2, 0.25) is 5.15 Å². The van der Waals surface area contributed by atoms with Crippen molar-refractivity contribution in [3.63, 3.8) is 0 Å². The van der Waals surface area contributed by atoms with Crippen LogP contribution in [-0.2, 0) is 4.79 Å². The minimum Gasteiger partial charge on any atom is -0.329 e. The molecule has 0 aromatic carbocycles. The number of fused-ring (bicyclic) bond motifs is 1. The first-order valence-electron chi connectivity index (χ1n) is 4.03. The molecule has 84 valence electrons. The monoisotopic (exact) mass is 279 g/mol. The average Bonchev–Trinajstić information content (AvgIpc) is 2.65. The third-order valence-electron chi connectivity index (χ3n) is 1.67. The number of amides is 1. The summed E-state index contributed by atoms with van der Waals surface area (Å²) in [6.45, 7) is 0. The van der Waals surface area contributed by atoms with E-state index in [0.29, 0.717) is 11.2 Å². The molecule has 6 nitrogen and oxygen atoms in total. The molecular formula is C7H4Cl3N5O. The van der Waals surface area contributed by atoms with Crippen LogP contribution < -0.4 is 5.32 Å². The number of halogens is 3. The molecule has 0 bridgehead atoms. The third-order valence-corrected chi connectivity index (χ3v) is 2.33. The van der Waals surface area contributed by atoms with Crippen LogP contribution >= 0.6 is 34.8 Å². The van der Waals surface area contributed by atoms with Gasteiger partial charge in [-0.3, -0.25) is 10.1 Å². The molecule has 0 saturated heterocycles. The zero-order chi connectivity index (χ0) is 11.7. The summed E-state index contributed by atoms with van der Waals surface area (Å²) < 4.78 is 0. The minimum atomic E-state index is -1.19. The summed E-state index contributed by atoms with van der Waals surface area (Å²) in [6.07, 6.45) is 1.42. The first-order valence-corrected chi connectivity index (χ1v) is 5.28. The summed E-state index contributed by atoms with van der Waals surface area (Å²) in [5.74, 6) is -0.615. The van der Waals surface area contributed by atoms with Crippen LogP contribution in [0.15, 0.2) is 6.33 Å². The first-order chi connectivity index (χ1) is 7.58. The number of carbonyl (C=O) groups excluding carboxylic acids is 1. The topological polar surface area (TPSA) is 83.6 Å². The Kier molecular flexibility index (Phi) is 3.13. The fraction of sp³-hybridized carbons (Fsp3) is 0.143. The van der Waals surface area contributed by atoms with Gasteiger partial charge in [0, 0.05) is 0 Å². The highest BCUT2D eigenvalue weighted by Crippen LogP contribution is 2.18. The Morgan fingerprint density at radius 3 is 2.88 bits per heavy atom. The predicted molar refractivity (Wildman–Crippen MR) is 60.8 cm³/mol. The van der Waals surface area contributed by atoms with Gasteiger partial charge >= 0.3 is 0 Å². The van der Waals surface area contributed by atoms with Crippen molar-refractivity contribution >= 4 is 57.8 Å². The summed E-state index contributed by atoms with van der Waals surface area (Å²) in [7, 11) is 0. The van der Waals surface area contributed by atoms with E-state index in [-0.39, 0.29) is 11.1 Å². The predicted octanol–water partition coefficient (Wildman–Crippen LogP) is 1.75. The highest BCUT2D eigenvalue weighted by molar-refractivity contribution is 6.54. The highest BCUT2D eigenvalue weighted by atomic mass is 35.5. The van der Waals surface area contributed by atoms with Crippen molar-refractivity contribution in [3.8, 4) is 0 Å². The van der Waals surface area contributed by atoms with E-state index in [0.717, 1.165) is 0 Å². The molecule has 16 heavy (non-hydrogen) atoms. The lowest BCUT2D eigenvalue weighted by atomic mass is 10.5. The number of aromatic amines is 1. The molecule has 2 heterocycles. The molecule has 0 unspecified atom stereocenters. The summed E-state index contributed by atoms with van der Waals surface area (Å²) >= 11 is 16.5. The van der Waals surface area contributed by atoms with Gasteiger partial charge in [-0.1, -0.05) is 34.8 Å². The molecule has 9 heteroatoms. The van der Waals surface area contributed by atoms with Crippen molar-refractivity contribution in [2.45, 2.75) is 4.84 Å². The third kappa shape index (κ3) is 2.18. The van der Waals surface area contributed by atoms with E-state index in [1.165, 1.54) is 6.33 Å². The molecule has 0 aliphatic carbocycles. The molecule has 2 N–H and O–H groups in total. The van der Waals surface area contributed by atoms with Gasteiger partial charge in [0.05, 0.1) is 6.33 Å². The van der Waals surface area contributed by atoms with Gasteiger partial charge in [-0.2, -0.15) is 9.97 Å². The van der Waals surface area contributed by atoms with E-state index >= 15 is 0 Å². The zero-order valence-corrected chi connectivity index (χ0v) is 9.81. The van der Waals surface area contributed by atoms with E-state index < -0.39 is 10.7 Å². The second kappa shape index (κ2) is 4.40. The van der Waals surface area contributed by atoms with E-state index in [9.17, 15) is 4.79 Å². The number of imidazole rings is 1. The van der Waals surface area contributed by atoms with Crippen molar-refractivity contribution < 1.29 is 4.79 Å². The van der Waals surface area contributed by atoms with Crippen molar-refractivity contribution in [2.75, 3.05) is 5.32 Å². The van der Waals surface area contributed by atoms with Gasteiger partial charge in [-0.05, 0) is 0 Å². The molecule has 2 rings (SSSR count). The SMILES string of the molecule is O=C(Nc1nc(Cl)c2nc[nH]c2n1)C(Cl)Cl. The van der Waals surface area contributed by atoms with Gasteiger partial charge in [0.1, 0.15) is 5.52 Å². The molecule has 2 aromatic rings. The number of nitrogens with one attached hydrogen (secondary N) is 2. The van der Waals surface area contributed by atoms with Crippen molar-refractivity contribution in [1.29, 1.82) is 0 Å². The van der Waals surface area contributed by atoms with Gasteiger partial charge in [-0.15, -0.1) is 0 Å². The molecular weight excluding hydrogens is 276 g/mol. The Bertz CT molecular complexity index is 540. The minimum absolute atomic E-state index is 0.0121. The fourth-order valence-corrected chi connectivity index (χ4v) is 1.35. The molecule has 0 saturated carbocycles. The molecule has 0 aliphatic rings. The number of alkyl halides is 2. The number of hydrogen-bond donors (Lipinski definition) is 2. The number of aromatic nitrogens is 4. The van der Waals surface area contributed by atoms with Crippen molar-refractivity contribution in [1.82, 2.24) is 19.9 Å². The Labute approximate surface area is 104 Å². The lowest BCUT2D eigenvalue weighted by Gasteiger charge is -2.03. The van der Waals surface area contributed by atoms with E-state index in [1.54, 1.807) is 0 Å². The van der Waals surface area contributed by atoms with Gasteiger partial charge in [0.15, 0.2) is 15.6 Å². The summed E-state index contributed by atoms with van der Waals surface area (Å²) in [5.41, 5.74) is 0.837. The molecule has 1 amide bonds. The summed E-state index contributed by atoms with van der Waals surface area (Å²) in [4.78, 5) is 24.4. The van der Waals surface area contributed by atoms with Crippen LogP contribution in [0, 0.1) is 0 Å². The zero-order valence-electron chi connectivity index (χ0n) is 7.54. The Hall–Kier alpha value is -1.11. The quantitative estimate of drug-likeness (QED) is 0.648. The lowest BCUT2D eigenvalue weighted by Crippen LogP contribution is -2.20. The van der Waals surface area contributed by atoms with Crippen molar-refractivity contribution in [2.24, 2.45) is 0 Å². The van der Waals surface area contributed by atoms with Gasteiger partial charge in [0.25, 0.3) is 5.91 Å². The number of anilines is 1. The molecule has 0 spiro atoms. The van der Waals surface area contributed by atoms with Gasteiger partial charge < -0.3 is 4.98 Å². The van der Waals surface area contributed by atoms with Crippen LogP contribution in [0.5, 0.6) is 0 Å². The normalized spacial score (nSPS) is 11.0. The van der Waals surface area contributed by atoms with Crippen LogP contribution in [0.3, 0.4) is 0 Å². The summed E-state index contributed by atoms with van der Waals surface area (Å²) in [6, 6.07) is 0. The maximum absolute atomic E-state index is 11.2. The van der Waals surface area contributed by atoms with E-state index in [1.807, 2.05) is 0 Å². The van der Waals surface area contributed by atoms with Gasteiger partial charge in [-0.25, -0.2) is 4.98 Å². The maximum Gasteiger partial charge on any atom is 0.260 e. The molecule has 0 radical (unpaired) electrons. The number of carbonyl (C=O) groups is 1. The first kappa shape index (κ1) is 11.4. The largest absolute Gasteiger partial charge is 0.329 e. The lowest BCUT2D eigenvalue weighted by molar-refractivity contribution is -0.114. The van der Waals surface area contributed by atoms with Crippen molar-refractivity contribution in [3.05, 3.63) is 11.5 Å². The molecule has 0 atom stereocenters. The number of rotatable bonds is 2. The van der Waals surface area contributed by atoms with E-state index in [4.69, 9.17) is 34.8 Å². The molecule has 0 aliphatic heterocycles. The number of H-pyrrole nitrogens is 1. The van der Waals surface area contributed by atoms with Crippen LogP contribution in [-0.4, -0.2) is 30.7 Å². The second-order valence-corrected chi connectivity index (χ2v) is 4.18. The standard InChI is InChI=1S/C7H4Cl3N5O/c8-3(9)6(16)15-7-13-4(10)2-5(14-7)12-1-11-2/h1,3H,(H2,11,12,13,14,15,16). The van der Waals surface area contributed by atoms with Crippen LogP contribution in [0.1, 0.15) is 0 Å². The Morgan fingerprint density at radius 2 is 2.19 bits per heavy atom. The Morgan fingerprint density at radius 1 is 1.44 bits per heavy atom. The smallest absolute Gasteiger partial charge is 0.260 e. The average molecular weight is 281 g/mol. The van der Waals surface area contributed by atoms with Gasteiger partial charge in [0.2, 0.25) is 5.95 Å². The molecule has 2 aromatic heterocycles. The number of hydrogen-bond acceptors (Lipinski definition) is 4. The molecule has 0 fully saturated rings. The second-order valence-electron chi connectivity index (χ2n) is 2.73. The van der Waals surface area contributed by atoms with Crippen LogP contribution in [0.4, 0.5) is 5.95 Å². The van der Waals surface area contributed by atoms with Crippen LogP contribution in [0.25, 0.3) is 11.2 Å². The highest BCUT2D eigenvalue weighted by Gasteiger charge is 2.15. The fourth-order valence-electron chi connectivity index (χ4n) is 1.02. The maximum atomic E-state index is 11.2. The summed E-state index contributed by atoms with van der Waals surface area (Å²) in [5, 5.41) is 2.43. The number of nitrogens with zero attached hydrogens (tertiary/aromatic N) is 3. The van der Waals surface area contributed by atoms with E-state index in [2.05, 4.69) is 25.3 Å².